The number of halogens is 1. The number of rotatable bonds is 2. The molecule has 7 heavy (non-hydrogen) atoms. The van der Waals surface area contributed by atoms with E-state index in [0.717, 1.165) is 0 Å². The molecule has 1 amide bonds. The summed E-state index contributed by atoms with van der Waals surface area (Å²) in [7, 11) is 1.48. The van der Waals surface area contributed by atoms with Crippen molar-refractivity contribution in [2.45, 2.75) is 6.42 Å². The van der Waals surface area contributed by atoms with Crippen molar-refractivity contribution in [3.8, 4) is 0 Å². The standard InChI is InChI=1S/C4H8FNO/c1-6-4(7)2-3-5/h2-3H2,1H3,(H,6,7). The lowest BCUT2D eigenvalue weighted by Crippen LogP contribution is -2.17. The molecule has 0 radical (unpaired) electrons. The summed E-state index contributed by atoms with van der Waals surface area (Å²) in [5, 5.41) is 2.29. The van der Waals surface area contributed by atoms with Gasteiger partial charge in [-0.3, -0.25) is 9.18 Å². The molecule has 0 spiro atoms. The molecule has 0 atom stereocenters. The second-order valence-electron chi connectivity index (χ2n) is 1.11. The number of alkyl halides is 1. The largest absolute Gasteiger partial charge is 0.359 e. The lowest BCUT2D eigenvalue weighted by Gasteiger charge is -1.89. The molecule has 0 saturated carbocycles. The van der Waals surface area contributed by atoms with Gasteiger partial charge in [-0.25, -0.2) is 0 Å². The Kier molecular flexibility index (Phi) is 3.28. The van der Waals surface area contributed by atoms with Gasteiger partial charge in [0, 0.05) is 7.05 Å². The van der Waals surface area contributed by atoms with Crippen LogP contribution in [0.4, 0.5) is 4.39 Å². The van der Waals surface area contributed by atoms with E-state index < -0.39 is 6.67 Å². The Balaban J connectivity index is 3.00. The van der Waals surface area contributed by atoms with Gasteiger partial charge in [0.05, 0.1) is 13.1 Å². The van der Waals surface area contributed by atoms with Gasteiger partial charge in [0.1, 0.15) is 0 Å². The van der Waals surface area contributed by atoms with E-state index in [1.807, 2.05) is 0 Å². The van der Waals surface area contributed by atoms with Crippen LogP contribution in [0.25, 0.3) is 0 Å². The normalized spacial score (nSPS) is 8.29. The van der Waals surface area contributed by atoms with Crippen molar-refractivity contribution in [1.82, 2.24) is 5.32 Å². The first-order chi connectivity index (χ1) is 3.31. The molecule has 0 fully saturated rings. The summed E-state index contributed by atoms with van der Waals surface area (Å²) in [6.45, 7) is -0.570. The molecule has 1 N–H and O–H groups in total. The number of amides is 1. The first kappa shape index (κ1) is 6.40. The number of hydrogen-bond donors (Lipinski definition) is 1. The van der Waals surface area contributed by atoms with Crippen molar-refractivity contribution >= 4 is 5.91 Å². The summed E-state index contributed by atoms with van der Waals surface area (Å²) in [5.41, 5.74) is 0. The highest BCUT2D eigenvalue weighted by Gasteiger charge is 1.92. The molecule has 0 saturated heterocycles. The maximum Gasteiger partial charge on any atom is 0.222 e. The fraction of sp³-hybridized carbons (Fsp3) is 0.750. The SMILES string of the molecule is CNC(=O)CCF. The van der Waals surface area contributed by atoms with Crippen LogP contribution in [0, 0.1) is 0 Å². The zero-order valence-corrected chi connectivity index (χ0v) is 4.20. The third-order valence-electron chi connectivity index (χ3n) is 0.600. The third-order valence-corrected chi connectivity index (χ3v) is 0.600. The second-order valence-corrected chi connectivity index (χ2v) is 1.11. The van der Waals surface area contributed by atoms with Crippen LogP contribution in [0.5, 0.6) is 0 Å². The second kappa shape index (κ2) is 3.59. The van der Waals surface area contributed by atoms with Gasteiger partial charge < -0.3 is 5.32 Å². The van der Waals surface area contributed by atoms with Crippen molar-refractivity contribution in [2.24, 2.45) is 0 Å². The highest BCUT2D eigenvalue weighted by molar-refractivity contribution is 5.75. The number of carbonyl (C=O) groups is 1. The molecular formula is C4H8FNO. The van der Waals surface area contributed by atoms with Crippen molar-refractivity contribution in [1.29, 1.82) is 0 Å². The lowest BCUT2D eigenvalue weighted by atomic mass is 10.4. The van der Waals surface area contributed by atoms with Crippen LogP contribution < -0.4 is 5.32 Å². The molecule has 0 aromatic heterocycles. The molecule has 2 nitrogen and oxygen atoms in total. The minimum atomic E-state index is -0.570. The average molecular weight is 105 g/mol. The summed E-state index contributed by atoms with van der Waals surface area (Å²) in [4.78, 5) is 10.1. The van der Waals surface area contributed by atoms with Crippen LogP contribution in [0.1, 0.15) is 6.42 Å². The highest BCUT2D eigenvalue weighted by atomic mass is 19.1. The molecule has 0 aromatic carbocycles. The Morgan fingerprint density at radius 1 is 1.86 bits per heavy atom. The molecule has 42 valence electrons. The van der Waals surface area contributed by atoms with Crippen molar-refractivity contribution in [3.05, 3.63) is 0 Å². The molecule has 0 aromatic rings. The van der Waals surface area contributed by atoms with E-state index in [1.54, 1.807) is 0 Å². The zero-order chi connectivity index (χ0) is 5.70. The van der Waals surface area contributed by atoms with E-state index in [0.29, 0.717) is 0 Å². The molecule has 0 unspecified atom stereocenters. The molecular weight excluding hydrogens is 97.0 g/mol. The Bertz CT molecular complexity index is 64.7. The monoisotopic (exact) mass is 105 g/mol. The van der Waals surface area contributed by atoms with Crippen molar-refractivity contribution in [3.63, 3.8) is 0 Å². The van der Waals surface area contributed by atoms with Crippen LogP contribution in [-0.2, 0) is 4.79 Å². The molecule has 0 heterocycles. The van der Waals surface area contributed by atoms with Crippen LogP contribution in [0.2, 0.25) is 0 Å². The van der Waals surface area contributed by atoms with Crippen molar-refractivity contribution in [2.75, 3.05) is 13.7 Å². The fourth-order valence-corrected chi connectivity index (χ4v) is 0.211. The van der Waals surface area contributed by atoms with Gasteiger partial charge in [-0.05, 0) is 0 Å². The average Bonchev–Trinajstić information content (AvgIpc) is 1.68. The maximum atomic E-state index is 11.2. The summed E-state index contributed by atoms with van der Waals surface area (Å²) in [6.07, 6.45) is -0.0174. The smallest absolute Gasteiger partial charge is 0.222 e. The summed E-state index contributed by atoms with van der Waals surface area (Å²) in [5.74, 6) is -0.248. The molecule has 0 aliphatic heterocycles. The highest BCUT2D eigenvalue weighted by Crippen LogP contribution is 1.76. The number of nitrogens with one attached hydrogen (secondary N) is 1. The van der Waals surface area contributed by atoms with Gasteiger partial charge in [0.2, 0.25) is 5.91 Å². The fourth-order valence-electron chi connectivity index (χ4n) is 0.211. The van der Waals surface area contributed by atoms with Crippen LogP contribution in [0.15, 0.2) is 0 Å². The summed E-state index contributed by atoms with van der Waals surface area (Å²) >= 11 is 0. The quantitative estimate of drug-likeness (QED) is 0.530. The van der Waals surface area contributed by atoms with E-state index in [2.05, 4.69) is 5.32 Å². The number of carbonyl (C=O) groups excluding carboxylic acids is 1. The first-order valence-corrected chi connectivity index (χ1v) is 2.07. The van der Waals surface area contributed by atoms with E-state index in [-0.39, 0.29) is 12.3 Å². The Labute approximate surface area is 41.7 Å². The zero-order valence-electron chi connectivity index (χ0n) is 4.20. The van der Waals surface area contributed by atoms with E-state index in [1.165, 1.54) is 7.05 Å². The topological polar surface area (TPSA) is 29.1 Å². The van der Waals surface area contributed by atoms with Gasteiger partial charge in [0.25, 0.3) is 0 Å². The van der Waals surface area contributed by atoms with E-state index in [9.17, 15) is 9.18 Å². The number of hydrogen-bond acceptors (Lipinski definition) is 1. The summed E-state index contributed by atoms with van der Waals surface area (Å²) in [6, 6.07) is 0. The minimum absolute atomic E-state index is 0.0174. The van der Waals surface area contributed by atoms with Gasteiger partial charge in [-0.15, -0.1) is 0 Å². The van der Waals surface area contributed by atoms with Gasteiger partial charge in [-0.1, -0.05) is 0 Å². The Hall–Kier alpha value is -0.600. The predicted molar refractivity (Wildman–Crippen MR) is 24.7 cm³/mol. The predicted octanol–water partition coefficient (Wildman–Crippen LogP) is 0.0920. The molecule has 3 heteroatoms. The minimum Gasteiger partial charge on any atom is -0.359 e. The van der Waals surface area contributed by atoms with Crippen LogP contribution >= 0.6 is 0 Å². The van der Waals surface area contributed by atoms with Gasteiger partial charge in [-0.2, -0.15) is 0 Å². The van der Waals surface area contributed by atoms with Crippen LogP contribution in [-0.4, -0.2) is 19.6 Å². The first-order valence-electron chi connectivity index (χ1n) is 2.07. The summed E-state index contributed by atoms with van der Waals surface area (Å²) < 4.78 is 11.2. The maximum absolute atomic E-state index is 11.2. The molecule has 0 aliphatic rings. The van der Waals surface area contributed by atoms with Crippen molar-refractivity contribution < 1.29 is 9.18 Å². The molecule has 0 aliphatic carbocycles. The molecule has 0 rings (SSSR count). The Morgan fingerprint density at radius 2 is 2.43 bits per heavy atom. The van der Waals surface area contributed by atoms with Crippen LogP contribution in [0.3, 0.4) is 0 Å². The third kappa shape index (κ3) is 3.22. The molecule has 0 bridgehead atoms. The lowest BCUT2D eigenvalue weighted by molar-refractivity contribution is -0.120. The van der Waals surface area contributed by atoms with Gasteiger partial charge in [0.15, 0.2) is 0 Å². The van der Waals surface area contributed by atoms with E-state index in [4.69, 9.17) is 0 Å². The Morgan fingerprint density at radius 3 is 2.57 bits per heavy atom. The van der Waals surface area contributed by atoms with E-state index >= 15 is 0 Å². The van der Waals surface area contributed by atoms with Gasteiger partial charge >= 0.3 is 0 Å².